The number of hydrogen-bond acceptors (Lipinski definition) is 2. The average molecular weight is 254 g/mol. The summed E-state index contributed by atoms with van der Waals surface area (Å²) >= 11 is 0. The molecule has 2 aromatic rings. The number of benzene rings is 1. The van der Waals surface area contributed by atoms with Crippen LogP contribution in [-0.2, 0) is 6.42 Å². The molecule has 2 rings (SSSR count). The third-order valence-corrected chi connectivity index (χ3v) is 3.27. The van der Waals surface area contributed by atoms with Crippen LogP contribution in [-0.4, -0.2) is 11.5 Å². The van der Waals surface area contributed by atoms with Crippen LogP contribution >= 0.6 is 0 Å². The summed E-state index contributed by atoms with van der Waals surface area (Å²) in [4.78, 5) is 4.51. The Hall–Kier alpha value is -1.67. The largest absolute Gasteiger partial charge is 0.309 e. The number of hydrogen-bond donors (Lipinski definition) is 1. The Labute approximate surface area is 115 Å². The lowest BCUT2D eigenvalue weighted by Gasteiger charge is -2.18. The van der Waals surface area contributed by atoms with Crippen LogP contribution in [0.4, 0.5) is 0 Å². The van der Waals surface area contributed by atoms with E-state index in [2.05, 4.69) is 61.4 Å². The summed E-state index contributed by atoms with van der Waals surface area (Å²) < 4.78 is 0. The first-order valence-electron chi connectivity index (χ1n) is 6.90. The maximum Gasteiger partial charge on any atom is 0.0579 e. The van der Waals surface area contributed by atoms with E-state index in [9.17, 15) is 0 Å². The third-order valence-electron chi connectivity index (χ3n) is 3.27. The van der Waals surface area contributed by atoms with Crippen molar-refractivity contribution in [1.82, 2.24) is 10.3 Å². The highest BCUT2D eigenvalue weighted by Gasteiger charge is 2.12. The Kier molecular flexibility index (Phi) is 4.69. The van der Waals surface area contributed by atoms with Crippen LogP contribution in [0.15, 0.2) is 42.6 Å². The van der Waals surface area contributed by atoms with E-state index < -0.39 is 0 Å². The molecule has 0 radical (unpaired) electrons. The van der Waals surface area contributed by atoms with Gasteiger partial charge in [0.05, 0.1) is 11.7 Å². The van der Waals surface area contributed by atoms with Crippen molar-refractivity contribution in [2.75, 3.05) is 6.54 Å². The number of nitrogens with zero attached hydrogens (tertiary/aromatic N) is 1. The smallest absolute Gasteiger partial charge is 0.0579 e. The van der Waals surface area contributed by atoms with Gasteiger partial charge < -0.3 is 5.32 Å². The third kappa shape index (κ3) is 3.90. The average Bonchev–Trinajstić information content (AvgIpc) is 2.38. The van der Waals surface area contributed by atoms with Crippen molar-refractivity contribution in [2.45, 2.75) is 33.2 Å². The zero-order valence-corrected chi connectivity index (χ0v) is 12.0. The standard InChI is InChI=1S/C17H22N2/c1-4-18-17(16-11-14(3)8-9-19-16)12-15-7-5-6-13(2)10-15/h5-11,17-18H,4,12H2,1-3H3. The summed E-state index contributed by atoms with van der Waals surface area (Å²) in [5, 5.41) is 3.53. The van der Waals surface area contributed by atoms with Crippen molar-refractivity contribution >= 4 is 0 Å². The minimum absolute atomic E-state index is 0.284. The Morgan fingerprint density at radius 1 is 1.11 bits per heavy atom. The van der Waals surface area contributed by atoms with Gasteiger partial charge in [0.2, 0.25) is 0 Å². The molecule has 0 amide bonds. The molecule has 1 aromatic carbocycles. The normalized spacial score (nSPS) is 12.4. The van der Waals surface area contributed by atoms with E-state index in [1.807, 2.05) is 12.3 Å². The molecule has 2 nitrogen and oxygen atoms in total. The fraction of sp³-hybridized carbons (Fsp3) is 0.353. The van der Waals surface area contributed by atoms with Crippen molar-refractivity contribution in [3.63, 3.8) is 0 Å². The Morgan fingerprint density at radius 2 is 1.89 bits per heavy atom. The first-order chi connectivity index (χ1) is 9.19. The van der Waals surface area contributed by atoms with E-state index in [4.69, 9.17) is 0 Å². The SMILES string of the molecule is CCNC(Cc1cccc(C)c1)c1cc(C)ccn1. The Morgan fingerprint density at radius 3 is 2.58 bits per heavy atom. The highest BCUT2D eigenvalue weighted by atomic mass is 14.9. The highest BCUT2D eigenvalue weighted by molar-refractivity contribution is 5.25. The molecule has 2 heteroatoms. The van der Waals surface area contributed by atoms with Gasteiger partial charge in [0.25, 0.3) is 0 Å². The van der Waals surface area contributed by atoms with Gasteiger partial charge in [-0.05, 0) is 50.1 Å². The number of pyridine rings is 1. The van der Waals surface area contributed by atoms with E-state index in [0.29, 0.717) is 0 Å². The molecular weight excluding hydrogens is 232 g/mol. The van der Waals surface area contributed by atoms with Gasteiger partial charge in [-0.3, -0.25) is 4.98 Å². The van der Waals surface area contributed by atoms with Gasteiger partial charge >= 0.3 is 0 Å². The summed E-state index contributed by atoms with van der Waals surface area (Å²) in [6, 6.07) is 13.2. The van der Waals surface area contributed by atoms with Crippen LogP contribution in [0.2, 0.25) is 0 Å². The molecular formula is C17H22N2. The quantitative estimate of drug-likeness (QED) is 0.882. The molecule has 1 N–H and O–H groups in total. The lowest BCUT2D eigenvalue weighted by molar-refractivity contribution is 0.536. The molecule has 0 bridgehead atoms. The first-order valence-corrected chi connectivity index (χ1v) is 6.90. The Bertz CT molecular complexity index is 534. The van der Waals surface area contributed by atoms with Crippen LogP contribution in [0.5, 0.6) is 0 Å². The van der Waals surface area contributed by atoms with Crippen molar-refractivity contribution in [3.8, 4) is 0 Å². The van der Waals surface area contributed by atoms with Gasteiger partial charge in [-0.25, -0.2) is 0 Å². The predicted octanol–water partition coefficient (Wildman–Crippen LogP) is 3.59. The predicted molar refractivity (Wildman–Crippen MR) is 80.3 cm³/mol. The lowest BCUT2D eigenvalue weighted by Crippen LogP contribution is -2.24. The zero-order chi connectivity index (χ0) is 13.7. The second-order valence-electron chi connectivity index (χ2n) is 5.06. The van der Waals surface area contributed by atoms with Crippen molar-refractivity contribution < 1.29 is 0 Å². The van der Waals surface area contributed by atoms with E-state index in [0.717, 1.165) is 18.7 Å². The van der Waals surface area contributed by atoms with E-state index in [1.165, 1.54) is 16.7 Å². The van der Waals surface area contributed by atoms with Crippen molar-refractivity contribution in [3.05, 3.63) is 65.0 Å². The lowest BCUT2D eigenvalue weighted by atomic mass is 10.0. The summed E-state index contributed by atoms with van der Waals surface area (Å²) in [5.41, 5.74) is 5.06. The fourth-order valence-electron chi connectivity index (χ4n) is 2.35. The number of aryl methyl sites for hydroxylation is 2. The molecule has 0 aliphatic heterocycles. The summed E-state index contributed by atoms with van der Waals surface area (Å²) in [5.74, 6) is 0. The topological polar surface area (TPSA) is 24.9 Å². The molecule has 100 valence electrons. The number of likely N-dealkylation sites (N-methyl/N-ethyl adjacent to an activating group) is 1. The van der Waals surface area contributed by atoms with Crippen LogP contribution in [0.3, 0.4) is 0 Å². The summed E-state index contributed by atoms with van der Waals surface area (Å²) in [6.45, 7) is 7.34. The second kappa shape index (κ2) is 6.48. The summed E-state index contributed by atoms with van der Waals surface area (Å²) in [6.07, 6.45) is 2.87. The molecule has 1 atom stereocenters. The van der Waals surface area contributed by atoms with E-state index in [-0.39, 0.29) is 6.04 Å². The van der Waals surface area contributed by atoms with Gasteiger partial charge in [-0.2, -0.15) is 0 Å². The minimum Gasteiger partial charge on any atom is -0.309 e. The monoisotopic (exact) mass is 254 g/mol. The molecule has 0 fully saturated rings. The van der Waals surface area contributed by atoms with Crippen molar-refractivity contribution in [2.24, 2.45) is 0 Å². The first kappa shape index (κ1) is 13.8. The van der Waals surface area contributed by atoms with Gasteiger partial charge in [-0.1, -0.05) is 36.8 Å². The van der Waals surface area contributed by atoms with Gasteiger partial charge in [0, 0.05) is 6.20 Å². The number of nitrogens with one attached hydrogen (secondary N) is 1. The van der Waals surface area contributed by atoms with E-state index >= 15 is 0 Å². The van der Waals surface area contributed by atoms with Crippen LogP contribution in [0.25, 0.3) is 0 Å². The zero-order valence-electron chi connectivity index (χ0n) is 12.0. The molecule has 0 saturated carbocycles. The molecule has 1 heterocycles. The second-order valence-corrected chi connectivity index (χ2v) is 5.06. The van der Waals surface area contributed by atoms with Crippen LogP contribution < -0.4 is 5.32 Å². The molecule has 1 unspecified atom stereocenters. The number of aromatic nitrogens is 1. The molecule has 0 spiro atoms. The summed E-state index contributed by atoms with van der Waals surface area (Å²) in [7, 11) is 0. The minimum atomic E-state index is 0.284. The molecule has 0 aliphatic rings. The van der Waals surface area contributed by atoms with Gasteiger partial charge in [0.15, 0.2) is 0 Å². The molecule has 19 heavy (non-hydrogen) atoms. The number of rotatable bonds is 5. The van der Waals surface area contributed by atoms with Gasteiger partial charge in [0.1, 0.15) is 0 Å². The molecule has 0 saturated heterocycles. The van der Waals surface area contributed by atoms with Crippen LogP contribution in [0.1, 0.15) is 35.3 Å². The maximum absolute atomic E-state index is 4.51. The van der Waals surface area contributed by atoms with Crippen molar-refractivity contribution in [1.29, 1.82) is 0 Å². The maximum atomic E-state index is 4.51. The highest BCUT2D eigenvalue weighted by Crippen LogP contribution is 2.18. The molecule has 1 aromatic heterocycles. The Balaban J connectivity index is 2.21. The van der Waals surface area contributed by atoms with Crippen LogP contribution in [0, 0.1) is 13.8 Å². The van der Waals surface area contributed by atoms with Gasteiger partial charge in [-0.15, -0.1) is 0 Å². The van der Waals surface area contributed by atoms with E-state index in [1.54, 1.807) is 0 Å². The molecule has 0 aliphatic carbocycles. The fourth-order valence-corrected chi connectivity index (χ4v) is 2.35.